The molecule has 0 aliphatic carbocycles. The van der Waals surface area contributed by atoms with Crippen LogP contribution < -0.4 is 20.3 Å². The van der Waals surface area contributed by atoms with Crippen LogP contribution in [-0.2, 0) is 13.1 Å². The van der Waals surface area contributed by atoms with E-state index in [1.165, 1.54) is 0 Å². The van der Waals surface area contributed by atoms with Gasteiger partial charge in [-0.1, -0.05) is 78.3 Å². The minimum absolute atomic E-state index is 0.0740. The smallest absolute Gasteiger partial charge is 0.409 e. The van der Waals surface area contributed by atoms with Crippen molar-refractivity contribution in [2.24, 2.45) is 5.92 Å². The average Bonchev–Trinajstić information content (AvgIpc) is 3.51. The molecule has 0 saturated carbocycles. The van der Waals surface area contributed by atoms with Crippen LogP contribution in [0.25, 0.3) is 11.1 Å². The monoisotopic (exact) mass is 727 g/mol. The van der Waals surface area contributed by atoms with Gasteiger partial charge in [-0.2, -0.15) is 0 Å². The van der Waals surface area contributed by atoms with Gasteiger partial charge in [-0.15, -0.1) is 0 Å². The summed E-state index contributed by atoms with van der Waals surface area (Å²) in [4.78, 5) is 45.5. The van der Waals surface area contributed by atoms with Gasteiger partial charge in [0.1, 0.15) is 11.4 Å². The molecule has 10 heteroatoms. The van der Waals surface area contributed by atoms with Crippen molar-refractivity contribution in [3.63, 3.8) is 0 Å². The minimum atomic E-state index is -0.678. The molecule has 8 rings (SSSR count). The molecule has 3 aliphatic rings. The van der Waals surface area contributed by atoms with Crippen molar-refractivity contribution in [3.8, 4) is 16.9 Å². The fourth-order valence-corrected chi connectivity index (χ4v) is 8.43. The third kappa shape index (κ3) is 7.19. The number of rotatable bonds is 6. The maximum atomic E-state index is 14.3. The first-order valence-corrected chi connectivity index (χ1v) is 18.8. The highest BCUT2D eigenvalue weighted by molar-refractivity contribution is 6.35. The van der Waals surface area contributed by atoms with E-state index in [1.54, 1.807) is 29.2 Å². The molecule has 1 atom stereocenters. The topological polar surface area (TPSA) is 95.9 Å². The lowest BCUT2D eigenvalue weighted by Gasteiger charge is -2.42. The Morgan fingerprint density at radius 3 is 2.38 bits per heavy atom. The molecule has 0 radical (unpaired) electrons. The van der Waals surface area contributed by atoms with Gasteiger partial charge in [0, 0.05) is 35.2 Å². The number of benzene rings is 4. The molecule has 4 aromatic carbocycles. The normalized spacial score (nSPS) is 17.3. The first-order chi connectivity index (χ1) is 25.9. The number of ether oxygens (including phenoxy) is 1. The van der Waals surface area contributed by atoms with E-state index < -0.39 is 6.09 Å². The number of hydrogen-bond acceptors (Lipinski definition) is 5. The molecule has 3 aliphatic heterocycles. The lowest BCUT2D eigenvalue weighted by Crippen LogP contribution is -2.50. The molecule has 53 heavy (non-hydrogen) atoms. The predicted molar refractivity (Wildman–Crippen MR) is 208 cm³/mol. The number of nitrogens with one attached hydrogen (secondary N) is 2. The number of hydrogen-bond donors (Lipinski definition) is 2. The lowest BCUT2D eigenvalue weighted by molar-refractivity contribution is 0.0465. The van der Waals surface area contributed by atoms with Crippen LogP contribution in [0.5, 0.6) is 5.75 Å². The number of amides is 3. The Morgan fingerprint density at radius 2 is 1.55 bits per heavy atom. The van der Waals surface area contributed by atoms with Crippen LogP contribution in [0.1, 0.15) is 64.2 Å². The highest BCUT2D eigenvalue weighted by Crippen LogP contribution is 2.35. The quantitative estimate of drug-likeness (QED) is 0.183. The van der Waals surface area contributed by atoms with Crippen molar-refractivity contribution < 1.29 is 19.1 Å². The molecule has 2 saturated heterocycles. The van der Waals surface area contributed by atoms with Crippen molar-refractivity contribution in [2.45, 2.75) is 51.2 Å². The number of nitrogens with zero attached hydrogens (tertiary/aromatic N) is 3. The number of carbonyl (C=O) groups is 3. The van der Waals surface area contributed by atoms with Gasteiger partial charge in [-0.05, 0) is 105 Å². The summed E-state index contributed by atoms with van der Waals surface area (Å²) in [6.07, 6.45) is 4.73. The number of anilines is 2. The number of piperidine rings is 2. The van der Waals surface area contributed by atoms with Crippen LogP contribution in [0, 0.1) is 5.92 Å². The summed E-state index contributed by atoms with van der Waals surface area (Å²) in [5.41, 5.74) is 5.64. The number of para-hydroxylation sites is 2. The Hall–Kier alpha value is -5.38. The maximum Gasteiger partial charge on any atom is 0.417 e. The highest BCUT2D eigenvalue weighted by Gasteiger charge is 2.36. The van der Waals surface area contributed by atoms with Gasteiger partial charge in [0.2, 0.25) is 0 Å². The summed E-state index contributed by atoms with van der Waals surface area (Å²) in [5.74, 6) is 0.727. The molecule has 0 spiro atoms. The zero-order valence-corrected chi connectivity index (χ0v) is 30.2. The molecule has 270 valence electrons. The molecule has 0 bridgehead atoms. The maximum absolute atomic E-state index is 14.3. The molecule has 3 amide bonds. The number of fused-ring (bicyclic) bond motifs is 2. The Kier molecular flexibility index (Phi) is 10.0. The van der Waals surface area contributed by atoms with Gasteiger partial charge < -0.3 is 24.4 Å². The van der Waals surface area contributed by atoms with Crippen LogP contribution >= 0.6 is 11.6 Å². The van der Waals surface area contributed by atoms with Crippen LogP contribution in [0.3, 0.4) is 0 Å². The predicted octanol–water partition coefficient (Wildman–Crippen LogP) is 8.62. The molecule has 9 nitrogen and oxygen atoms in total. The van der Waals surface area contributed by atoms with E-state index in [0.29, 0.717) is 35.2 Å². The third-order valence-electron chi connectivity index (χ3n) is 10.8. The van der Waals surface area contributed by atoms with E-state index in [0.717, 1.165) is 79.8 Å². The second kappa shape index (κ2) is 15.3. The van der Waals surface area contributed by atoms with Crippen molar-refractivity contribution >= 4 is 40.9 Å². The molecule has 4 heterocycles. The molecular weight excluding hydrogens is 686 g/mol. The van der Waals surface area contributed by atoms with E-state index in [9.17, 15) is 14.4 Å². The van der Waals surface area contributed by atoms with E-state index in [4.69, 9.17) is 16.3 Å². The molecule has 2 N–H and O–H groups in total. The van der Waals surface area contributed by atoms with Crippen molar-refractivity contribution in [1.82, 2.24) is 14.8 Å². The Bertz CT molecular complexity index is 2140. The van der Waals surface area contributed by atoms with E-state index in [-0.39, 0.29) is 29.4 Å². The van der Waals surface area contributed by atoms with Crippen molar-refractivity contribution in [2.75, 3.05) is 29.9 Å². The summed E-state index contributed by atoms with van der Waals surface area (Å²) < 4.78 is 7.78. The van der Waals surface area contributed by atoms with Crippen molar-refractivity contribution in [3.05, 3.63) is 137 Å². The second-order valence-corrected chi connectivity index (χ2v) is 14.4. The summed E-state index contributed by atoms with van der Waals surface area (Å²) in [6.45, 7) is 3.53. The highest BCUT2D eigenvalue weighted by atomic mass is 35.5. The summed E-state index contributed by atoms with van der Waals surface area (Å²) in [7, 11) is 0. The molecule has 1 unspecified atom stereocenters. The SMILES string of the molecule is O=C(Nc1ccc(C(=O)N2Cc3ccc(C(=O)N4CCCCC4C4CCNCC4)n3Cc3ccccc32)c(Cl)c1)Oc1ccccc1-c1ccccc1. The Labute approximate surface area is 314 Å². The van der Waals surface area contributed by atoms with Crippen molar-refractivity contribution in [1.29, 1.82) is 0 Å². The summed E-state index contributed by atoms with van der Waals surface area (Å²) in [6, 6.07) is 33.8. The van der Waals surface area contributed by atoms with Crippen LogP contribution in [0.2, 0.25) is 5.02 Å². The van der Waals surface area contributed by atoms with Gasteiger partial charge in [0.25, 0.3) is 11.8 Å². The standard InChI is InChI=1S/C43H42ClN5O4/c44-36-26-32(46-43(52)53-40-16-7-5-13-34(40)29-10-2-1-3-11-29)17-19-35(36)41(50)49-28-33-18-20-39(48(33)27-31-12-4-6-14-38(31)49)42(51)47-25-9-8-15-37(47)30-21-23-45-24-22-30/h1-7,10-14,16-20,26,30,37,45H,8-9,15,21-25,27-28H2,(H,46,52). The van der Waals surface area contributed by atoms with E-state index in [1.807, 2.05) is 84.9 Å². The van der Waals surface area contributed by atoms with Crippen LogP contribution in [-0.4, -0.2) is 53.1 Å². The molecular formula is C43H42ClN5O4. The first-order valence-electron chi connectivity index (χ1n) is 18.5. The third-order valence-corrected chi connectivity index (χ3v) is 11.1. The van der Waals surface area contributed by atoms with Gasteiger partial charge in [0.15, 0.2) is 0 Å². The fraction of sp³-hybridized carbons (Fsp3) is 0.279. The number of carbonyl (C=O) groups excluding carboxylic acids is 3. The lowest BCUT2D eigenvalue weighted by atomic mass is 9.84. The Balaban J connectivity index is 1.01. The van der Waals surface area contributed by atoms with Gasteiger partial charge in [-0.25, -0.2) is 4.79 Å². The molecule has 1 aromatic heterocycles. The summed E-state index contributed by atoms with van der Waals surface area (Å²) >= 11 is 6.77. The van der Waals surface area contributed by atoms with Gasteiger partial charge >= 0.3 is 6.09 Å². The van der Waals surface area contributed by atoms with Crippen LogP contribution in [0.4, 0.5) is 16.2 Å². The number of aromatic nitrogens is 1. The molecule has 2 fully saturated rings. The van der Waals surface area contributed by atoms with E-state index in [2.05, 4.69) is 20.1 Å². The number of likely N-dealkylation sites (tertiary alicyclic amines) is 1. The largest absolute Gasteiger partial charge is 0.417 e. The fourth-order valence-electron chi connectivity index (χ4n) is 8.17. The Morgan fingerprint density at radius 1 is 0.774 bits per heavy atom. The minimum Gasteiger partial charge on any atom is -0.409 e. The van der Waals surface area contributed by atoms with Gasteiger partial charge in [0.05, 0.1) is 23.7 Å². The summed E-state index contributed by atoms with van der Waals surface area (Å²) in [5, 5.41) is 6.41. The second-order valence-electron chi connectivity index (χ2n) is 14.0. The molecule has 5 aromatic rings. The number of halogens is 1. The van der Waals surface area contributed by atoms with Gasteiger partial charge in [-0.3, -0.25) is 14.9 Å². The van der Waals surface area contributed by atoms with Crippen LogP contribution in [0.15, 0.2) is 109 Å². The zero-order chi connectivity index (χ0) is 36.3. The zero-order valence-electron chi connectivity index (χ0n) is 29.5. The average molecular weight is 728 g/mol. The van der Waals surface area contributed by atoms with E-state index >= 15 is 0 Å². The first kappa shape index (κ1) is 34.7.